The Bertz CT molecular complexity index is 588. The SMILES string of the molecule is CC(C)CC(N)C(O)(Cc1cc(SC2CCCCCC2)ccn1)C(=O)O. The first-order valence-electron chi connectivity index (χ1n) is 9.64. The van der Waals surface area contributed by atoms with Crippen LogP contribution in [0.1, 0.15) is 64.5 Å². The summed E-state index contributed by atoms with van der Waals surface area (Å²) in [5.74, 6) is -1.07. The monoisotopic (exact) mass is 380 g/mol. The average molecular weight is 381 g/mol. The van der Waals surface area contributed by atoms with Crippen LogP contribution in [0.3, 0.4) is 0 Å². The van der Waals surface area contributed by atoms with Gasteiger partial charge in [-0.2, -0.15) is 0 Å². The van der Waals surface area contributed by atoms with Crippen molar-refractivity contribution in [3.8, 4) is 0 Å². The highest BCUT2D eigenvalue weighted by Crippen LogP contribution is 2.33. The van der Waals surface area contributed by atoms with Gasteiger partial charge in [-0.1, -0.05) is 39.5 Å². The van der Waals surface area contributed by atoms with Gasteiger partial charge in [-0.15, -0.1) is 11.8 Å². The molecule has 146 valence electrons. The topological polar surface area (TPSA) is 96.4 Å². The Balaban J connectivity index is 2.10. The van der Waals surface area contributed by atoms with Gasteiger partial charge in [0.2, 0.25) is 0 Å². The number of hydrogen-bond acceptors (Lipinski definition) is 5. The van der Waals surface area contributed by atoms with E-state index in [-0.39, 0.29) is 12.3 Å². The van der Waals surface area contributed by atoms with Crippen molar-refractivity contribution >= 4 is 17.7 Å². The van der Waals surface area contributed by atoms with Crippen molar-refractivity contribution in [2.45, 2.75) is 87.0 Å². The van der Waals surface area contributed by atoms with Crippen LogP contribution in [0.4, 0.5) is 0 Å². The molecule has 2 atom stereocenters. The Morgan fingerprint density at radius 2 is 2.00 bits per heavy atom. The minimum absolute atomic E-state index is 0.0741. The molecule has 1 aromatic rings. The fraction of sp³-hybridized carbons (Fsp3) is 0.700. The van der Waals surface area contributed by atoms with E-state index in [0.717, 1.165) is 4.90 Å². The summed E-state index contributed by atoms with van der Waals surface area (Å²) < 4.78 is 0. The molecule has 0 bridgehead atoms. The first-order valence-corrected chi connectivity index (χ1v) is 10.5. The number of aromatic nitrogens is 1. The molecule has 1 aliphatic rings. The van der Waals surface area contributed by atoms with Crippen LogP contribution in [0.25, 0.3) is 0 Å². The number of nitrogens with two attached hydrogens (primary N) is 1. The van der Waals surface area contributed by atoms with E-state index < -0.39 is 17.6 Å². The van der Waals surface area contributed by atoms with Gasteiger partial charge < -0.3 is 15.9 Å². The summed E-state index contributed by atoms with van der Waals surface area (Å²) in [5, 5.41) is 20.9. The molecule has 0 radical (unpaired) electrons. The average Bonchev–Trinajstić information content (AvgIpc) is 2.83. The molecule has 0 amide bonds. The molecule has 0 aromatic carbocycles. The van der Waals surface area contributed by atoms with Gasteiger partial charge in [0, 0.05) is 34.5 Å². The molecule has 2 unspecified atom stereocenters. The Morgan fingerprint density at radius 3 is 2.58 bits per heavy atom. The highest BCUT2D eigenvalue weighted by atomic mass is 32.2. The zero-order valence-corrected chi connectivity index (χ0v) is 16.7. The molecule has 1 fully saturated rings. The van der Waals surface area contributed by atoms with Crippen LogP contribution >= 0.6 is 11.8 Å². The number of nitrogens with zero attached hydrogens (tertiary/aromatic N) is 1. The lowest BCUT2D eigenvalue weighted by Crippen LogP contribution is -2.56. The van der Waals surface area contributed by atoms with Gasteiger partial charge in [-0.3, -0.25) is 4.98 Å². The molecule has 0 spiro atoms. The minimum Gasteiger partial charge on any atom is -0.479 e. The van der Waals surface area contributed by atoms with E-state index in [4.69, 9.17) is 5.73 Å². The van der Waals surface area contributed by atoms with Crippen molar-refractivity contribution in [1.29, 1.82) is 0 Å². The quantitative estimate of drug-likeness (QED) is 0.596. The van der Waals surface area contributed by atoms with E-state index >= 15 is 0 Å². The van der Waals surface area contributed by atoms with Crippen LogP contribution in [-0.4, -0.2) is 38.1 Å². The lowest BCUT2D eigenvalue weighted by atomic mass is 9.84. The zero-order chi connectivity index (χ0) is 19.2. The van der Waals surface area contributed by atoms with E-state index in [9.17, 15) is 15.0 Å². The van der Waals surface area contributed by atoms with Crippen molar-refractivity contribution in [3.05, 3.63) is 24.0 Å². The molecule has 1 heterocycles. The molecule has 1 aliphatic carbocycles. The van der Waals surface area contributed by atoms with Crippen molar-refractivity contribution < 1.29 is 15.0 Å². The van der Waals surface area contributed by atoms with Crippen molar-refractivity contribution in [3.63, 3.8) is 0 Å². The normalized spacial score (nSPS) is 19.7. The number of carbonyl (C=O) groups is 1. The van der Waals surface area contributed by atoms with Gasteiger partial charge in [0.05, 0.1) is 0 Å². The Hall–Kier alpha value is -1.11. The van der Waals surface area contributed by atoms with Crippen LogP contribution in [-0.2, 0) is 11.2 Å². The minimum atomic E-state index is -2.00. The van der Waals surface area contributed by atoms with Gasteiger partial charge in [0.25, 0.3) is 0 Å². The lowest BCUT2D eigenvalue weighted by molar-refractivity contribution is -0.161. The summed E-state index contributed by atoms with van der Waals surface area (Å²) in [5.41, 5.74) is 4.62. The lowest BCUT2D eigenvalue weighted by Gasteiger charge is -2.30. The number of pyridine rings is 1. The molecule has 2 rings (SSSR count). The van der Waals surface area contributed by atoms with E-state index in [0.29, 0.717) is 17.4 Å². The molecule has 5 nitrogen and oxygen atoms in total. The Morgan fingerprint density at radius 1 is 1.35 bits per heavy atom. The van der Waals surface area contributed by atoms with E-state index in [1.54, 1.807) is 6.20 Å². The molecule has 6 heteroatoms. The van der Waals surface area contributed by atoms with Crippen LogP contribution in [0.5, 0.6) is 0 Å². The van der Waals surface area contributed by atoms with Crippen molar-refractivity contribution in [2.24, 2.45) is 11.7 Å². The number of carboxylic acid groups (broad SMARTS) is 1. The van der Waals surface area contributed by atoms with Crippen LogP contribution in [0, 0.1) is 5.92 Å². The summed E-state index contributed by atoms with van der Waals surface area (Å²) in [6.07, 6.45) is 9.70. The molecule has 1 aromatic heterocycles. The molecule has 0 saturated heterocycles. The molecule has 26 heavy (non-hydrogen) atoms. The number of aliphatic hydroxyl groups is 1. The molecular weight excluding hydrogens is 348 g/mol. The van der Waals surface area contributed by atoms with E-state index in [2.05, 4.69) is 4.98 Å². The third kappa shape index (κ3) is 5.96. The third-order valence-electron chi connectivity index (χ3n) is 5.05. The summed E-state index contributed by atoms with van der Waals surface area (Å²) in [6.45, 7) is 3.93. The summed E-state index contributed by atoms with van der Waals surface area (Å²) >= 11 is 1.85. The fourth-order valence-corrected chi connectivity index (χ4v) is 4.82. The second-order valence-electron chi connectivity index (χ2n) is 7.86. The van der Waals surface area contributed by atoms with Gasteiger partial charge in [-0.05, 0) is 37.3 Å². The van der Waals surface area contributed by atoms with E-state index in [1.807, 2.05) is 37.7 Å². The smallest absolute Gasteiger partial charge is 0.337 e. The van der Waals surface area contributed by atoms with E-state index in [1.165, 1.54) is 38.5 Å². The highest BCUT2D eigenvalue weighted by molar-refractivity contribution is 8.00. The van der Waals surface area contributed by atoms with Gasteiger partial charge in [0.1, 0.15) is 0 Å². The van der Waals surface area contributed by atoms with Gasteiger partial charge in [0.15, 0.2) is 5.60 Å². The Labute approximate surface area is 160 Å². The van der Waals surface area contributed by atoms with Gasteiger partial charge >= 0.3 is 5.97 Å². The highest BCUT2D eigenvalue weighted by Gasteiger charge is 2.43. The van der Waals surface area contributed by atoms with Crippen molar-refractivity contribution in [2.75, 3.05) is 0 Å². The summed E-state index contributed by atoms with van der Waals surface area (Å²) in [6, 6.07) is 3.04. The predicted octanol–water partition coefficient (Wildman–Crippen LogP) is 3.63. The number of aliphatic carboxylic acids is 1. The predicted molar refractivity (Wildman–Crippen MR) is 105 cm³/mol. The van der Waals surface area contributed by atoms with Crippen molar-refractivity contribution in [1.82, 2.24) is 4.98 Å². The van der Waals surface area contributed by atoms with Crippen LogP contribution in [0.2, 0.25) is 0 Å². The van der Waals surface area contributed by atoms with Crippen LogP contribution in [0.15, 0.2) is 23.2 Å². The molecule has 0 aliphatic heterocycles. The van der Waals surface area contributed by atoms with Gasteiger partial charge in [-0.25, -0.2) is 4.79 Å². The first kappa shape index (κ1) is 21.2. The fourth-order valence-electron chi connectivity index (χ4n) is 3.52. The maximum Gasteiger partial charge on any atom is 0.337 e. The van der Waals surface area contributed by atoms with Crippen LogP contribution < -0.4 is 5.73 Å². The maximum absolute atomic E-state index is 11.7. The third-order valence-corrected chi connectivity index (χ3v) is 6.38. The molecule has 4 N–H and O–H groups in total. The second-order valence-corrected chi connectivity index (χ2v) is 9.23. The standard InChI is InChI=1S/C20H32N2O3S/c1-14(2)11-18(21)20(25,19(23)24)13-15-12-17(9-10-22-15)26-16-7-5-3-4-6-8-16/h9-10,12,14,16,18,25H,3-8,11,13,21H2,1-2H3,(H,23,24). The number of rotatable bonds is 8. The summed E-state index contributed by atoms with van der Waals surface area (Å²) in [7, 11) is 0. The second kappa shape index (κ2) is 9.72. The Kier molecular flexibility index (Phi) is 7.92. The number of carboxylic acids is 1. The zero-order valence-electron chi connectivity index (χ0n) is 15.9. The largest absolute Gasteiger partial charge is 0.479 e. The first-order chi connectivity index (χ1) is 12.3. The summed E-state index contributed by atoms with van der Waals surface area (Å²) in [4.78, 5) is 17.1. The molecular formula is C20H32N2O3S. The maximum atomic E-state index is 11.7. The molecule has 1 saturated carbocycles. The number of hydrogen-bond donors (Lipinski definition) is 3. The number of thioether (sulfide) groups is 1.